The Hall–Kier alpha value is -5.12. The number of phenols is 2. The molecule has 0 bridgehead atoms. The van der Waals surface area contributed by atoms with Crippen LogP contribution in [0.3, 0.4) is 0 Å². The number of halogens is 3. The summed E-state index contributed by atoms with van der Waals surface area (Å²) in [5.74, 6) is 3.05. The van der Waals surface area contributed by atoms with Gasteiger partial charge in [0.15, 0.2) is 6.29 Å². The number of ether oxygens (including phenoxy) is 9. The van der Waals surface area contributed by atoms with E-state index in [1.54, 1.807) is 39.2 Å². The summed E-state index contributed by atoms with van der Waals surface area (Å²) in [6.07, 6.45) is 14.1. The standard InChI is InChI=1S/C28H42O6.C20H34O4.C14H22O2.C8H15BrO2.C5H8O.C4H5ClO.C3H7BrO/c1-19(2)25(29)33-15-11-13-31-23-17-22(28(8,9)10)24(18-21(23)27(5,6)7)32-14-12-16-34-26(30)20(3)4;1-19(2,3)15-13-18(24-12-8-10-22)16(20(4,5)6)14-17(15)23-11-7-9-21;1-13(2,3)9-7-12(16)10(8-11(9)15)14(4,5)6;9-5-3-7-11-8-4-1-2-6-10-8;1-2-4-6-5-3-1;1-3(2)4(5)6;4-2-1-3-5/h17-18H,1,3,11-16H2,2,4-10H3;13-14,21-22H,7-12H2,1-6H3;7-8,15-16H,1-6H3;8H,1-7H2;2,4H,1,3,5H2;1H2,2H3;5H,1-3H2. The molecule has 102 heavy (non-hydrogen) atoms. The van der Waals surface area contributed by atoms with Crippen LogP contribution in [0.1, 0.15) is 249 Å². The highest BCUT2D eigenvalue weighted by atomic mass is 79.9. The molecule has 1 atom stereocenters. The van der Waals surface area contributed by atoms with Gasteiger partial charge in [0.05, 0.1) is 59.1 Å². The van der Waals surface area contributed by atoms with Gasteiger partial charge >= 0.3 is 11.9 Å². The summed E-state index contributed by atoms with van der Waals surface area (Å²) in [6, 6.07) is 11.6. The molecule has 0 saturated carbocycles. The van der Waals surface area contributed by atoms with E-state index in [-0.39, 0.29) is 88.6 Å². The summed E-state index contributed by atoms with van der Waals surface area (Å²) in [5, 5.41) is 47.5. The Bertz CT molecular complexity index is 2760. The van der Waals surface area contributed by atoms with Gasteiger partial charge < -0.3 is 68.2 Å². The number of esters is 2. The lowest BCUT2D eigenvalue weighted by molar-refractivity contribution is -0.162. The summed E-state index contributed by atoms with van der Waals surface area (Å²) in [4.78, 5) is 32.9. The van der Waals surface area contributed by atoms with Crippen molar-refractivity contribution in [1.82, 2.24) is 0 Å². The molecule has 5 N–H and O–H groups in total. The molecule has 2 aliphatic rings. The van der Waals surface area contributed by atoms with Crippen LogP contribution in [-0.2, 0) is 70.6 Å². The molecule has 17 nitrogen and oxygen atoms in total. The first-order valence-electron chi connectivity index (χ1n) is 35.7. The molecule has 5 rings (SSSR count). The minimum atomic E-state index is -0.463. The number of alkyl halides is 2. The molecule has 20 heteroatoms. The maximum absolute atomic E-state index is 11.5. The van der Waals surface area contributed by atoms with Gasteiger partial charge in [0.2, 0.25) is 5.24 Å². The number of benzene rings is 3. The number of carbonyl (C=O) groups excluding carboxylic acids is 3. The number of phenolic OH excluding ortho intramolecular Hbond substituents is 2. The molecule has 3 aromatic carbocycles. The number of aliphatic hydroxyl groups excluding tert-OH is 3. The Balaban J connectivity index is 0. The van der Waals surface area contributed by atoms with E-state index in [0.29, 0.717) is 75.4 Å². The molecular weight excluding hydrogens is 1450 g/mol. The third-order valence-corrected chi connectivity index (χ3v) is 16.1. The van der Waals surface area contributed by atoms with Crippen LogP contribution >= 0.6 is 43.5 Å². The van der Waals surface area contributed by atoms with E-state index < -0.39 is 5.24 Å². The molecule has 1 saturated heterocycles. The van der Waals surface area contributed by atoms with Crippen molar-refractivity contribution < 1.29 is 82.5 Å². The highest BCUT2D eigenvalue weighted by Gasteiger charge is 2.30. The summed E-state index contributed by atoms with van der Waals surface area (Å²) < 4.78 is 50.3. The van der Waals surface area contributed by atoms with Gasteiger partial charge in [-0.25, -0.2) is 9.59 Å². The van der Waals surface area contributed by atoms with E-state index in [1.807, 2.05) is 47.6 Å². The molecule has 0 aromatic heterocycles. The van der Waals surface area contributed by atoms with Gasteiger partial charge in [-0.15, -0.1) is 0 Å². The van der Waals surface area contributed by atoms with Crippen LogP contribution in [0, 0.1) is 0 Å². The molecule has 2 heterocycles. The van der Waals surface area contributed by atoms with Crippen LogP contribution in [0.2, 0.25) is 0 Å². The fraction of sp³-hybridized carbons (Fsp3) is 0.646. The quantitative estimate of drug-likeness (QED) is 0.0119. The molecule has 1 fully saturated rings. The van der Waals surface area contributed by atoms with E-state index in [4.69, 9.17) is 69.6 Å². The van der Waals surface area contributed by atoms with Gasteiger partial charge in [0.25, 0.3) is 0 Å². The maximum atomic E-state index is 11.5. The number of rotatable bonds is 27. The van der Waals surface area contributed by atoms with E-state index in [0.717, 1.165) is 106 Å². The van der Waals surface area contributed by atoms with Crippen molar-refractivity contribution >= 4 is 60.6 Å². The topological polar surface area (TPSA) is 235 Å². The summed E-state index contributed by atoms with van der Waals surface area (Å²) in [6.45, 7) is 58.5. The minimum absolute atomic E-state index is 0.0833. The summed E-state index contributed by atoms with van der Waals surface area (Å²) in [7, 11) is 0. The zero-order valence-electron chi connectivity index (χ0n) is 66.3. The zero-order chi connectivity index (χ0) is 78.7. The Morgan fingerprint density at radius 3 is 1.01 bits per heavy atom. The molecule has 584 valence electrons. The second kappa shape index (κ2) is 51.2. The van der Waals surface area contributed by atoms with E-state index in [1.165, 1.54) is 25.7 Å². The van der Waals surface area contributed by atoms with Crippen molar-refractivity contribution in [1.29, 1.82) is 0 Å². The maximum Gasteiger partial charge on any atom is 0.333 e. The zero-order valence-corrected chi connectivity index (χ0v) is 70.2. The second-order valence-corrected chi connectivity index (χ2v) is 33.0. The van der Waals surface area contributed by atoms with E-state index in [9.17, 15) is 24.6 Å². The van der Waals surface area contributed by atoms with Crippen LogP contribution in [0.25, 0.3) is 0 Å². The number of hydrogen-bond donors (Lipinski definition) is 5. The minimum Gasteiger partial charge on any atom is -0.508 e. The van der Waals surface area contributed by atoms with Crippen molar-refractivity contribution in [3.05, 3.63) is 119 Å². The van der Waals surface area contributed by atoms with Crippen molar-refractivity contribution in [2.24, 2.45) is 0 Å². The van der Waals surface area contributed by atoms with Crippen molar-refractivity contribution in [2.75, 3.05) is 89.9 Å². The largest absolute Gasteiger partial charge is 0.508 e. The average Bonchev–Trinajstić information content (AvgIpc) is 0.796. The van der Waals surface area contributed by atoms with Crippen molar-refractivity contribution in [3.8, 4) is 34.5 Å². The molecule has 1 unspecified atom stereocenters. The number of carbonyl (C=O) groups is 3. The Kier molecular flexibility index (Phi) is 49.6. The van der Waals surface area contributed by atoms with E-state index >= 15 is 0 Å². The fourth-order valence-electron chi connectivity index (χ4n) is 8.93. The SMILES string of the molecule is BrCCCOC1CCCCO1.C1=COCCC1.C=C(C)C(=O)Cl.C=C(C)C(=O)OCCCOc1cc(C(C)(C)C)c(OCCCOC(=O)C(=C)C)cc1C(C)(C)C.CC(C)(C)c1cc(O)c(C(C)(C)C)cc1O.CC(C)(C)c1cc(OCCCO)c(C(C)(C)C)cc1OCCCO.OCCCBr. The van der Waals surface area contributed by atoms with Crippen LogP contribution < -0.4 is 18.9 Å². The Labute approximate surface area is 637 Å². The molecule has 0 spiro atoms. The predicted octanol–water partition coefficient (Wildman–Crippen LogP) is 19.3. The van der Waals surface area contributed by atoms with Gasteiger partial charge in [0, 0.05) is 113 Å². The summed E-state index contributed by atoms with van der Waals surface area (Å²) in [5.41, 5.74) is 6.10. The van der Waals surface area contributed by atoms with Gasteiger partial charge in [-0.2, -0.15) is 0 Å². The molecular formula is C82H133Br2ClO17. The van der Waals surface area contributed by atoms with Crippen LogP contribution in [0.5, 0.6) is 34.5 Å². The Morgan fingerprint density at radius 2 is 0.794 bits per heavy atom. The van der Waals surface area contributed by atoms with Gasteiger partial charge in [-0.05, 0) is 152 Å². The van der Waals surface area contributed by atoms with Gasteiger partial charge in [-0.3, -0.25) is 4.79 Å². The predicted molar refractivity (Wildman–Crippen MR) is 424 cm³/mol. The number of aliphatic hydroxyl groups is 3. The van der Waals surface area contributed by atoms with Crippen LogP contribution in [0.4, 0.5) is 0 Å². The second-order valence-electron chi connectivity index (χ2n) is 31.1. The lowest BCUT2D eigenvalue weighted by Gasteiger charge is -2.29. The lowest BCUT2D eigenvalue weighted by Crippen LogP contribution is -2.22. The molecule has 2 aliphatic heterocycles. The van der Waals surface area contributed by atoms with Crippen LogP contribution in [-0.4, -0.2) is 139 Å². The van der Waals surface area contributed by atoms with Crippen molar-refractivity contribution in [3.63, 3.8) is 0 Å². The molecule has 0 aliphatic carbocycles. The smallest absolute Gasteiger partial charge is 0.333 e. The number of hydrogen-bond acceptors (Lipinski definition) is 17. The lowest BCUT2D eigenvalue weighted by atomic mass is 9.81. The Morgan fingerprint density at radius 1 is 0.461 bits per heavy atom. The first kappa shape index (κ1) is 98.9. The first-order chi connectivity index (χ1) is 47.3. The molecule has 0 radical (unpaired) electrons. The van der Waals surface area contributed by atoms with Crippen LogP contribution in [0.15, 0.2) is 85.2 Å². The number of aromatic hydroxyl groups is 2. The molecule has 3 aromatic rings. The monoisotopic (exact) mass is 1580 g/mol. The first-order valence-corrected chi connectivity index (χ1v) is 38.3. The summed E-state index contributed by atoms with van der Waals surface area (Å²) >= 11 is 11.4. The van der Waals surface area contributed by atoms with E-state index in [2.05, 4.69) is 159 Å². The third-order valence-electron chi connectivity index (χ3n) is 14.7. The van der Waals surface area contributed by atoms with Gasteiger partial charge in [-0.1, -0.05) is 176 Å². The average molecular weight is 1590 g/mol. The molecule has 0 amide bonds. The van der Waals surface area contributed by atoms with Gasteiger partial charge in [0.1, 0.15) is 34.5 Å². The fourth-order valence-corrected chi connectivity index (χ4v) is 9.41. The third kappa shape index (κ3) is 44.0. The highest BCUT2D eigenvalue weighted by Crippen LogP contribution is 2.44. The normalized spacial score (nSPS) is 13.5. The van der Waals surface area contributed by atoms with Crippen molar-refractivity contribution in [2.45, 2.75) is 255 Å². The highest BCUT2D eigenvalue weighted by molar-refractivity contribution is 9.09. The number of allylic oxidation sites excluding steroid dienone is 2.